The van der Waals surface area contributed by atoms with Gasteiger partial charge in [-0.15, -0.1) is 0 Å². The zero-order valence-corrected chi connectivity index (χ0v) is 11.1. The molecule has 0 aliphatic heterocycles. The summed E-state index contributed by atoms with van der Waals surface area (Å²) in [5.41, 5.74) is 13.5. The molecule has 5 heteroatoms. The molecule has 0 amide bonds. The van der Waals surface area contributed by atoms with E-state index in [0.717, 1.165) is 11.1 Å². The molecule has 0 aliphatic carbocycles. The van der Waals surface area contributed by atoms with E-state index in [0.29, 0.717) is 18.5 Å². The second-order valence-corrected chi connectivity index (χ2v) is 4.78. The highest BCUT2D eigenvalue weighted by Gasteiger charge is 2.08. The molecular weight excluding hydrogens is 257 g/mol. The van der Waals surface area contributed by atoms with Crippen molar-refractivity contribution < 1.29 is 9.50 Å². The van der Waals surface area contributed by atoms with Gasteiger partial charge in [0.25, 0.3) is 0 Å². The number of anilines is 1. The van der Waals surface area contributed by atoms with Gasteiger partial charge in [0.05, 0.1) is 0 Å². The molecule has 1 atom stereocenters. The number of aliphatic hydroxyl groups excluding tert-OH is 1. The molecule has 2 rings (SSSR count). The maximum Gasteiger partial charge on any atom is 0.165 e. The molecule has 106 valence electrons. The van der Waals surface area contributed by atoms with Crippen molar-refractivity contribution in [3.63, 3.8) is 0 Å². The Kier molecular flexibility index (Phi) is 4.65. The second-order valence-electron chi connectivity index (χ2n) is 4.78. The molecule has 2 aromatic rings. The van der Waals surface area contributed by atoms with Gasteiger partial charge < -0.3 is 16.6 Å². The Hall–Kier alpha value is -1.98. The maximum atomic E-state index is 13.4. The van der Waals surface area contributed by atoms with Crippen LogP contribution in [0.2, 0.25) is 0 Å². The second kappa shape index (κ2) is 6.45. The Morgan fingerprint density at radius 1 is 1.25 bits per heavy atom. The fourth-order valence-electron chi connectivity index (χ4n) is 2.04. The highest BCUT2D eigenvalue weighted by molar-refractivity contribution is 5.64. The number of aliphatic hydroxyl groups is 1. The Labute approximate surface area is 117 Å². The number of pyridine rings is 1. The molecule has 1 heterocycles. The standard InChI is InChI=1S/C15H18FN3O/c16-14-6-13(8-19-15(14)18)12-3-1-2-10(5-12)4-11(7-17)9-20/h1-3,5-6,8,11,20H,4,7,9,17H2,(H2,18,19). The minimum atomic E-state index is -0.525. The summed E-state index contributed by atoms with van der Waals surface area (Å²) < 4.78 is 13.4. The normalized spacial score (nSPS) is 12.3. The highest BCUT2D eigenvalue weighted by atomic mass is 19.1. The van der Waals surface area contributed by atoms with E-state index in [1.165, 1.54) is 6.07 Å². The van der Waals surface area contributed by atoms with Gasteiger partial charge in [-0.2, -0.15) is 0 Å². The number of rotatable bonds is 5. The molecule has 1 aromatic carbocycles. The van der Waals surface area contributed by atoms with Crippen molar-refractivity contribution in [1.29, 1.82) is 0 Å². The summed E-state index contributed by atoms with van der Waals surface area (Å²) in [6.45, 7) is 0.484. The Bertz CT molecular complexity index is 585. The van der Waals surface area contributed by atoms with E-state index >= 15 is 0 Å². The van der Waals surface area contributed by atoms with Crippen molar-refractivity contribution in [1.82, 2.24) is 4.98 Å². The van der Waals surface area contributed by atoms with Gasteiger partial charge in [0.15, 0.2) is 11.6 Å². The minimum Gasteiger partial charge on any atom is -0.396 e. The molecule has 5 N–H and O–H groups in total. The number of aromatic nitrogens is 1. The van der Waals surface area contributed by atoms with Crippen LogP contribution in [0.25, 0.3) is 11.1 Å². The first-order chi connectivity index (χ1) is 9.63. The van der Waals surface area contributed by atoms with Crippen LogP contribution in [0.4, 0.5) is 10.2 Å². The number of halogens is 1. The number of nitrogens with two attached hydrogens (primary N) is 2. The van der Waals surface area contributed by atoms with Crippen molar-refractivity contribution in [3.8, 4) is 11.1 Å². The summed E-state index contributed by atoms with van der Waals surface area (Å²) >= 11 is 0. The van der Waals surface area contributed by atoms with E-state index in [4.69, 9.17) is 11.5 Å². The summed E-state index contributed by atoms with van der Waals surface area (Å²) in [4.78, 5) is 3.82. The average molecular weight is 275 g/mol. The lowest BCUT2D eigenvalue weighted by molar-refractivity contribution is 0.230. The first-order valence-electron chi connectivity index (χ1n) is 6.45. The summed E-state index contributed by atoms with van der Waals surface area (Å²) in [5, 5.41) is 9.19. The van der Waals surface area contributed by atoms with Gasteiger partial charge in [-0.3, -0.25) is 0 Å². The molecule has 1 unspecified atom stereocenters. The molecule has 4 nitrogen and oxygen atoms in total. The van der Waals surface area contributed by atoms with Crippen LogP contribution in [0.1, 0.15) is 5.56 Å². The Morgan fingerprint density at radius 3 is 2.70 bits per heavy atom. The number of nitrogens with zero attached hydrogens (tertiary/aromatic N) is 1. The van der Waals surface area contributed by atoms with Crippen LogP contribution in [-0.2, 0) is 6.42 Å². The average Bonchev–Trinajstić information content (AvgIpc) is 2.48. The lowest BCUT2D eigenvalue weighted by Crippen LogP contribution is -2.20. The van der Waals surface area contributed by atoms with E-state index in [1.807, 2.05) is 24.3 Å². The lowest BCUT2D eigenvalue weighted by atomic mass is 9.97. The molecule has 0 spiro atoms. The predicted octanol–water partition coefficient (Wildman–Crippen LogP) is 1.58. The van der Waals surface area contributed by atoms with Gasteiger partial charge in [-0.05, 0) is 36.1 Å². The monoisotopic (exact) mass is 275 g/mol. The largest absolute Gasteiger partial charge is 0.396 e. The first-order valence-corrected chi connectivity index (χ1v) is 6.45. The fourth-order valence-corrected chi connectivity index (χ4v) is 2.04. The quantitative estimate of drug-likeness (QED) is 0.773. The predicted molar refractivity (Wildman–Crippen MR) is 77.4 cm³/mol. The molecule has 20 heavy (non-hydrogen) atoms. The zero-order chi connectivity index (χ0) is 14.5. The molecule has 1 aromatic heterocycles. The maximum absolute atomic E-state index is 13.4. The number of nitrogen functional groups attached to an aromatic ring is 1. The highest BCUT2D eigenvalue weighted by Crippen LogP contribution is 2.23. The Balaban J connectivity index is 2.27. The van der Waals surface area contributed by atoms with Crippen LogP contribution in [0.5, 0.6) is 0 Å². The third-order valence-corrected chi connectivity index (χ3v) is 3.25. The number of benzene rings is 1. The van der Waals surface area contributed by atoms with E-state index in [9.17, 15) is 9.50 Å². The van der Waals surface area contributed by atoms with Crippen LogP contribution in [0.3, 0.4) is 0 Å². The molecule has 0 bridgehead atoms. The van der Waals surface area contributed by atoms with E-state index in [2.05, 4.69) is 4.98 Å². The van der Waals surface area contributed by atoms with E-state index in [-0.39, 0.29) is 18.3 Å². The molecule has 0 saturated carbocycles. The molecule has 0 aliphatic rings. The van der Waals surface area contributed by atoms with E-state index < -0.39 is 5.82 Å². The van der Waals surface area contributed by atoms with Crippen molar-refractivity contribution in [2.45, 2.75) is 6.42 Å². The molecule has 0 fully saturated rings. The van der Waals surface area contributed by atoms with E-state index in [1.54, 1.807) is 6.20 Å². The van der Waals surface area contributed by atoms with Crippen molar-refractivity contribution in [2.24, 2.45) is 11.7 Å². The lowest BCUT2D eigenvalue weighted by Gasteiger charge is -2.12. The Morgan fingerprint density at radius 2 is 2.05 bits per heavy atom. The summed E-state index contributed by atoms with van der Waals surface area (Å²) in [5.74, 6) is -0.594. The SMILES string of the molecule is NCC(CO)Cc1cccc(-c2cnc(N)c(F)c2)c1. The van der Waals surface area contributed by atoms with Crippen LogP contribution in [0, 0.1) is 11.7 Å². The minimum absolute atomic E-state index is 0.0338. The first kappa shape index (κ1) is 14.4. The van der Waals surface area contributed by atoms with Crippen LogP contribution in [-0.4, -0.2) is 23.2 Å². The van der Waals surface area contributed by atoms with Crippen molar-refractivity contribution >= 4 is 5.82 Å². The summed E-state index contributed by atoms with van der Waals surface area (Å²) in [6, 6.07) is 9.05. The zero-order valence-electron chi connectivity index (χ0n) is 11.1. The topological polar surface area (TPSA) is 85.2 Å². The third kappa shape index (κ3) is 3.31. The molecule has 0 saturated heterocycles. The fraction of sp³-hybridized carbons (Fsp3) is 0.267. The smallest absolute Gasteiger partial charge is 0.165 e. The number of hydrogen-bond donors (Lipinski definition) is 3. The molecule has 0 radical (unpaired) electrons. The van der Waals surface area contributed by atoms with Gasteiger partial charge in [0.2, 0.25) is 0 Å². The van der Waals surface area contributed by atoms with Gasteiger partial charge in [-0.25, -0.2) is 9.37 Å². The van der Waals surface area contributed by atoms with Crippen molar-refractivity contribution in [3.05, 3.63) is 47.9 Å². The summed E-state index contributed by atoms with van der Waals surface area (Å²) in [6.07, 6.45) is 2.23. The van der Waals surface area contributed by atoms with Gasteiger partial charge >= 0.3 is 0 Å². The molecular formula is C15H18FN3O. The van der Waals surface area contributed by atoms with Crippen molar-refractivity contribution in [2.75, 3.05) is 18.9 Å². The van der Waals surface area contributed by atoms with Gasteiger partial charge in [-0.1, -0.05) is 24.3 Å². The van der Waals surface area contributed by atoms with Gasteiger partial charge in [0, 0.05) is 18.4 Å². The van der Waals surface area contributed by atoms with Crippen LogP contribution < -0.4 is 11.5 Å². The van der Waals surface area contributed by atoms with Gasteiger partial charge in [0.1, 0.15) is 0 Å². The van der Waals surface area contributed by atoms with Crippen LogP contribution >= 0.6 is 0 Å². The number of hydrogen-bond acceptors (Lipinski definition) is 4. The third-order valence-electron chi connectivity index (χ3n) is 3.25. The summed E-state index contributed by atoms with van der Waals surface area (Å²) in [7, 11) is 0. The van der Waals surface area contributed by atoms with Crippen LogP contribution in [0.15, 0.2) is 36.5 Å².